The van der Waals surface area contributed by atoms with Crippen molar-refractivity contribution in [1.29, 1.82) is 0 Å². The summed E-state index contributed by atoms with van der Waals surface area (Å²) in [5, 5.41) is 11.4. The van der Waals surface area contributed by atoms with Gasteiger partial charge in [-0.1, -0.05) is 0 Å². The summed E-state index contributed by atoms with van der Waals surface area (Å²) >= 11 is 0. The molecule has 8 nitrogen and oxygen atoms in total. The van der Waals surface area contributed by atoms with Gasteiger partial charge in [-0.3, -0.25) is 4.79 Å². The fourth-order valence-corrected chi connectivity index (χ4v) is 3.56. The first-order valence-corrected chi connectivity index (χ1v) is 9.01. The number of carbonyl (C=O) groups excluding carboxylic acids is 1. The third-order valence-corrected chi connectivity index (χ3v) is 5.04. The first kappa shape index (κ1) is 16.7. The Balaban J connectivity index is 1.30. The molecule has 8 heteroatoms. The number of hydrogen-bond acceptors (Lipinski definition) is 7. The number of aromatic nitrogens is 2. The predicted octanol–water partition coefficient (Wildman–Crippen LogP) is 1.05. The maximum absolute atomic E-state index is 12.6. The third kappa shape index (κ3) is 3.75. The van der Waals surface area contributed by atoms with E-state index in [2.05, 4.69) is 15.5 Å². The molecule has 3 aliphatic heterocycles. The van der Waals surface area contributed by atoms with Crippen molar-refractivity contribution >= 4 is 11.7 Å². The van der Waals surface area contributed by atoms with Gasteiger partial charge in [-0.25, -0.2) is 0 Å². The van der Waals surface area contributed by atoms with Gasteiger partial charge >= 0.3 is 0 Å². The maximum atomic E-state index is 12.6. The van der Waals surface area contributed by atoms with Gasteiger partial charge in [0.1, 0.15) is 5.82 Å². The molecule has 4 heterocycles. The average Bonchev–Trinajstić information content (AvgIpc) is 3.33. The normalized spacial score (nSPS) is 25.4. The van der Waals surface area contributed by atoms with Crippen LogP contribution in [0, 0.1) is 0 Å². The van der Waals surface area contributed by atoms with Gasteiger partial charge in [0.15, 0.2) is 11.5 Å². The minimum Gasteiger partial charge on any atom is -0.376 e. The van der Waals surface area contributed by atoms with Crippen LogP contribution in [0.2, 0.25) is 0 Å². The Bertz CT molecular complexity index is 587. The van der Waals surface area contributed by atoms with E-state index < -0.39 is 5.79 Å². The number of carbonyl (C=O) groups is 1. The highest BCUT2D eigenvalue weighted by Gasteiger charge is 2.41. The maximum Gasteiger partial charge on any atom is 0.274 e. The molecule has 0 aliphatic carbocycles. The summed E-state index contributed by atoms with van der Waals surface area (Å²) in [4.78, 5) is 14.4. The summed E-state index contributed by atoms with van der Waals surface area (Å²) < 4.78 is 17.0. The molecule has 1 amide bonds. The van der Waals surface area contributed by atoms with Crippen molar-refractivity contribution in [1.82, 2.24) is 15.1 Å². The number of amides is 1. The lowest BCUT2D eigenvalue weighted by atomic mass is 10.0. The minimum atomic E-state index is -0.474. The summed E-state index contributed by atoms with van der Waals surface area (Å²) in [7, 11) is 0. The van der Waals surface area contributed by atoms with Crippen molar-refractivity contribution < 1.29 is 19.0 Å². The smallest absolute Gasteiger partial charge is 0.274 e. The molecule has 3 saturated heterocycles. The van der Waals surface area contributed by atoms with Crippen LogP contribution < -0.4 is 5.32 Å². The fraction of sp³-hybridized carbons (Fsp3) is 0.706. The van der Waals surface area contributed by atoms with Gasteiger partial charge in [-0.2, -0.15) is 0 Å². The second-order valence-corrected chi connectivity index (χ2v) is 6.72. The van der Waals surface area contributed by atoms with Crippen LogP contribution in [0.1, 0.15) is 36.2 Å². The van der Waals surface area contributed by atoms with Crippen molar-refractivity contribution in [2.45, 2.75) is 37.6 Å². The van der Waals surface area contributed by atoms with Crippen LogP contribution in [0.4, 0.5) is 5.82 Å². The quantitative estimate of drug-likeness (QED) is 0.870. The van der Waals surface area contributed by atoms with Gasteiger partial charge in [0.25, 0.3) is 5.91 Å². The number of hydrogen-bond donors (Lipinski definition) is 1. The van der Waals surface area contributed by atoms with Gasteiger partial charge < -0.3 is 24.4 Å². The number of rotatable bonds is 4. The van der Waals surface area contributed by atoms with Crippen molar-refractivity contribution in [3.05, 3.63) is 17.8 Å². The second-order valence-electron chi connectivity index (χ2n) is 6.72. The highest BCUT2D eigenvalue weighted by atomic mass is 16.7. The summed E-state index contributed by atoms with van der Waals surface area (Å²) in [6, 6.07) is 3.52. The Labute approximate surface area is 146 Å². The number of likely N-dealkylation sites (tertiary alicyclic amines) is 1. The van der Waals surface area contributed by atoms with E-state index in [0.717, 1.165) is 26.0 Å². The first-order chi connectivity index (χ1) is 12.2. The highest BCUT2D eigenvalue weighted by molar-refractivity contribution is 5.92. The zero-order chi connectivity index (χ0) is 17.1. The van der Waals surface area contributed by atoms with Gasteiger partial charge in [0.2, 0.25) is 0 Å². The molecule has 0 radical (unpaired) electrons. The van der Waals surface area contributed by atoms with E-state index >= 15 is 0 Å². The molecule has 0 saturated carbocycles. The Hall–Kier alpha value is -1.77. The minimum absolute atomic E-state index is 0.0916. The van der Waals surface area contributed by atoms with E-state index in [4.69, 9.17) is 14.2 Å². The van der Waals surface area contributed by atoms with E-state index in [1.54, 1.807) is 17.0 Å². The van der Waals surface area contributed by atoms with E-state index in [0.29, 0.717) is 50.7 Å². The van der Waals surface area contributed by atoms with Crippen LogP contribution >= 0.6 is 0 Å². The first-order valence-electron chi connectivity index (χ1n) is 9.01. The molecule has 1 spiro atoms. The number of nitrogens with zero attached hydrogens (tertiary/aromatic N) is 3. The second kappa shape index (κ2) is 7.23. The topological polar surface area (TPSA) is 85.8 Å². The van der Waals surface area contributed by atoms with E-state index in [1.165, 1.54) is 0 Å². The summed E-state index contributed by atoms with van der Waals surface area (Å²) in [6.45, 7) is 4.05. The van der Waals surface area contributed by atoms with Crippen LogP contribution in [0.25, 0.3) is 0 Å². The number of anilines is 1. The number of piperidine rings is 1. The SMILES string of the molecule is O=C(c1ccc(NCC2CCCO2)nn1)N1CCC2(CC1)OCCO2. The molecule has 136 valence electrons. The summed E-state index contributed by atoms with van der Waals surface area (Å²) in [6.07, 6.45) is 3.82. The van der Waals surface area contributed by atoms with E-state index in [-0.39, 0.29) is 12.0 Å². The molecule has 0 bridgehead atoms. The molecule has 25 heavy (non-hydrogen) atoms. The monoisotopic (exact) mass is 348 g/mol. The predicted molar refractivity (Wildman–Crippen MR) is 89.3 cm³/mol. The van der Waals surface area contributed by atoms with Gasteiger partial charge in [0, 0.05) is 39.1 Å². The molecule has 1 aromatic rings. The summed E-state index contributed by atoms with van der Waals surface area (Å²) in [5.41, 5.74) is 0.367. The Morgan fingerprint density at radius 1 is 1.20 bits per heavy atom. The molecule has 1 N–H and O–H groups in total. The van der Waals surface area contributed by atoms with E-state index in [9.17, 15) is 4.79 Å². The van der Waals surface area contributed by atoms with Crippen molar-refractivity contribution in [2.75, 3.05) is 44.8 Å². The lowest BCUT2D eigenvalue weighted by Gasteiger charge is -2.37. The summed E-state index contributed by atoms with van der Waals surface area (Å²) in [5.74, 6) is 0.0990. The average molecular weight is 348 g/mol. The van der Waals surface area contributed by atoms with Crippen molar-refractivity contribution in [2.24, 2.45) is 0 Å². The van der Waals surface area contributed by atoms with Crippen LogP contribution in [0.3, 0.4) is 0 Å². The molecule has 1 atom stereocenters. The Morgan fingerprint density at radius 2 is 2.00 bits per heavy atom. The van der Waals surface area contributed by atoms with Gasteiger partial charge in [0.05, 0.1) is 19.3 Å². The van der Waals surface area contributed by atoms with E-state index in [1.807, 2.05) is 0 Å². The molecule has 1 aromatic heterocycles. The van der Waals surface area contributed by atoms with Crippen LogP contribution in [-0.2, 0) is 14.2 Å². The van der Waals surface area contributed by atoms with Gasteiger partial charge in [-0.05, 0) is 25.0 Å². The van der Waals surface area contributed by atoms with Crippen LogP contribution in [-0.4, -0.2) is 72.4 Å². The van der Waals surface area contributed by atoms with Gasteiger partial charge in [-0.15, -0.1) is 10.2 Å². The molecule has 3 fully saturated rings. The highest BCUT2D eigenvalue weighted by Crippen LogP contribution is 2.31. The standard InChI is InChI=1S/C17H24N4O4/c22-16(21-7-5-17(6-8-21)24-10-11-25-17)14-3-4-15(20-19-14)18-12-13-2-1-9-23-13/h3-4,13H,1-2,5-12H2,(H,18,20). The van der Waals surface area contributed by atoms with Crippen molar-refractivity contribution in [3.63, 3.8) is 0 Å². The third-order valence-electron chi connectivity index (χ3n) is 5.04. The van der Waals surface area contributed by atoms with Crippen LogP contribution in [0.15, 0.2) is 12.1 Å². The molecular weight excluding hydrogens is 324 g/mol. The van der Waals surface area contributed by atoms with Crippen LogP contribution in [0.5, 0.6) is 0 Å². The molecule has 0 aromatic carbocycles. The lowest BCUT2D eigenvalue weighted by molar-refractivity contribution is -0.181. The number of ether oxygens (including phenoxy) is 3. The lowest BCUT2D eigenvalue weighted by Crippen LogP contribution is -2.47. The Morgan fingerprint density at radius 3 is 2.64 bits per heavy atom. The molecule has 3 aliphatic rings. The number of nitrogens with one attached hydrogen (secondary N) is 1. The fourth-order valence-electron chi connectivity index (χ4n) is 3.56. The zero-order valence-electron chi connectivity index (χ0n) is 14.3. The Kier molecular flexibility index (Phi) is 4.82. The largest absolute Gasteiger partial charge is 0.376 e. The molecule has 1 unspecified atom stereocenters. The molecular formula is C17H24N4O4. The molecule has 4 rings (SSSR count). The zero-order valence-corrected chi connectivity index (χ0v) is 14.3. The van der Waals surface area contributed by atoms with Crippen molar-refractivity contribution in [3.8, 4) is 0 Å².